The molecule has 0 aliphatic heterocycles. The number of imidazole rings is 1. The molecule has 0 bridgehead atoms. The number of nitrogens with zero attached hydrogens (tertiary/aromatic N) is 3. The second-order valence-corrected chi connectivity index (χ2v) is 16.8. The number of sulfonamides is 1. The van der Waals surface area contributed by atoms with E-state index in [1.807, 2.05) is 24.6 Å². The Bertz CT molecular complexity index is 2410. The van der Waals surface area contributed by atoms with Crippen molar-refractivity contribution in [1.29, 1.82) is 0 Å². The van der Waals surface area contributed by atoms with Crippen LogP contribution in [-0.4, -0.2) is 105 Å². The number of aromatic nitrogens is 3. The molecule has 0 aliphatic carbocycles. The Kier molecular flexibility index (Phi) is 18.8. The normalized spacial score (nSPS) is 11.8. The fourth-order valence-electron chi connectivity index (χ4n) is 6.88. The Morgan fingerprint density at radius 3 is 2.10 bits per heavy atom. The van der Waals surface area contributed by atoms with E-state index in [0.717, 1.165) is 18.2 Å². The summed E-state index contributed by atoms with van der Waals surface area (Å²) in [6, 6.07) is 7.09. The second kappa shape index (κ2) is 23.9. The molecule has 342 valence electrons. The zero-order chi connectivity index (χ0) is 46.1. The van der Waals surface area contributed by atoms with Crippen molar-refractivity contribution in [2.75, 3.05) is 51.8 Å². The summed E-state index contributed by atoms with van der Waals surface area (Å²) in [4.78, 5) is 80.5. The molecular formula is C43H59N9O10S. The maximum atomic E-state index is 13.9. The highest BCUT2D eigenvalue weighted by Gasteiger charge is 2.30. The zero-order valence-electron chi connectivity index (χ0n) is 36.7. The maximum Gasteiger partial charge on any atom is 0.325 e. The number of rotatable bonds is 25. The Morgan fingerprint density at radius 2 is 1.49 bits per heavy atom. The van der Waals surface area contributed by atoms with Crippen molar-refractivity contribution in [2.45, 2.75) is 83.8 Å². The van der Waals surface area contributed by atoms with Gasteiger partial charge in [-0.1, -0.05) is 23.8 Å². The monoisotopic (exact) mass is 893 g/mol. The number of carbonyl (C=O) groups is 5. The molecular weight excluding hydrogens is 835 g/mol. The Balaban J connectivity index is 1.41. The van der Waals surface area contributed by atoms with E-state index in [4.69, 9.17) is 9.47 Å². The highest BCUT2D eigenvalue weighted by molar-refractivity contribution is 7.89. The number of fused-ring (bicyclic) bond motifs is 1. The van der Waals surface area contributed by atoms with Crippen LogP contribution in [0.1, 0.15) is 71.6 Å². The minimum Gasteiger partial charge on any atom is -0.468 e. The second-order valence-electron chi connectivity index (χ2n) is 15.1. The molecule has 6 N–H and O–H groups in total. The first kappa shape index (κ1) is 49.5. The van der Waals surface area contributed by atoms with Gasteiger partial charge >= 0.3 is 5.97 Å². The van der Waals surface area contributed by atoms with Gasteiger partial charge in [-0.15, -0.1) is 0 Å². The summed E-state index contributed by atoms with van der Waals surface area (Å²) in [5.41, 5.74) is 2.33. The largest absolute Gasteiger partial charge is 0.468 e. The number of nitrogens with one attached hydrogen (secondary N) is 6. The highest BCUT2D eigenvalue weighted by atomic mass is 32.2. The van der Waals surface area contributed by atoms with E-state index in [2.05, 4.69) is 36.3 Å². The average Bonchev–Trinajstić information content (AvgIpc) is 3.65. The van der Waals surface area contributed by atoms with Crippen LogP contribution in [0.15, 0.2) is 58.6 Å². The predicted octanol–water partition coefficient (Wildman–Crippen LogP) is 1.86. The third kappa shape index (κ3) is 15.0. The van der Waals surface area contributed by atoms with E-state index in [-0.39, 0.29) is 59.5 Å². The smallest absolute Gasteiger partial charge is 0.325 e. The van der Waals surface area contributed by atoms with Gasteiger partial charge in [-0.2, -0.15) is 4.72 Å². The number of pyridine rings is 1. The van der Waals surface area contributed by atoms with Crippen molar-refractivity contribution in [3.05, 3.63) is 87.0 Å². The lowest BCUT2D eigenvalue weighted by Gasteiger charge is -2.20. The van der Waals surface area contributed by atoms with E-state index in [0.29, 0.717) is 74.7 Å². The predicted molar refractivity (Wildman–Crippen MR) is 236 cm³/mol. The van der Waals surface area contributed by atoms with Gasteiger partial charge < -0.3 is 45.2 Å². The van der Waals surface area contributed by atoms with Crippen molar-refractivity contribution in [1.82, 2.24) is 40.1 Å². The van der Waals surface area contributed by atoms with Gasteiger partial charge in [0.15, 0.2) is 0 Å². The Hall–Kier alpha value is -6.12. The van der Waals surface area contributed by atoms with Gasteiger partial charge in [-0.05, 0) is 68.9 Å². The topological polar surface area (TPSA) is 250 Å². The quantitative estimate of drug-likeness (QED) is 0.0412. The number of hydrogen-bond donors (Lipinski definition) is 6. The lowest BCUT2D eigenvalue weighted by Crippen LogP contribution is -2.49. The van der Waals surface area contributed by atoms with Gasteiger partial charge in [0, 0.05) is 103 Å². The van der Waals surface area contributed by atoms with Gasteiger partial charge in [0.1, 0.15) is 11.6 Å². The Morgan fingerprint density at radius 1 is 0.857 bits per heavy atom. The van der Waals surface area contributed by atoms with E-state index in [1.165, 1.54) is 13.1 Å². The van der Waals surface area contributed by atoms with Crippen LogP contribution in [0, 0.1) is 20.8 Å². The molecule has 2 aromatic carbocycles. The van der Waals surface area contributed by atoms with E-state index in [9.17, 15) is 37.2 Å². The van der Waals surface area contributed by atoms with Crippen molar-refractivity contribution in [2.24, 2.45) is 7.05 Å². The van der Waals surface area contributed by atoms with Crippen LogP contribution in [-0.2, 0) is 58.8 Å². The molecule has 4 amide bonds. The summed E-state index contributed by atoms with van der Waals surface area (Å²) in [6.07, 6.45) is 6.53. The molecule has 0 aliphatic rings. The fraction of sp³-hybridized carbons (Fsp3) is 0.465. The molecule has 0 saturated carbocycles. The number of benzene rings is 2. The lowest BCUT2D eigenvalue weighted by atomic mass is 10.1. The highest BCUT2D eigenvalue weighted by Crippen LogP contribution is 2.22. The van der Waals surface area contributed by atoms with Gasteiger partial charge in [-0.3, -0.25) is 28.8 Å². The number of carbonyl (C=O) groups excluding carboxylic acids is 5. The Labute approximate surface area is 367 Å². The number of amides is 4. The van der Waals surface area contributed by atoms with Crippen LogP contribution < -0.4 is 36.7 Å². The first-order valence-corrected chi connectivity index (χ1v) is 22.2. The summed E-state index contributed by atoms with van der Waals surface area (Å²) in [5, 5.41) is 14.3. The molecule has 2 aromatic heterocycles. The first-order valence-electron chi connectivity index (χ1n) is 20.7. The van der Waals surface area contributed by atoms with Crippen molar-refractivity contribution in [3.8, 4) is 0 Å². The molecule has 1 atom stereocenters. The minimum absolute atomic E-state index is 0.00335. The molecule has 4 rings (SSSR count). The number of methoxy groups -OCH3 is 1. The molecule has 0 fully saturated rings. The molecule has 0 saturated heterocycles. The maximum absolute atomic E-state index is 13.9. The average molecular weight is 894 g/mol. The van der Waals surface area contributed by atoms with Crippen LogP contribution in [0.25, 0.3) is 10.9 Å². The summed E-state index contributed by atoms with van der Waals surface area (Å²) in [7, 11) is -1.31. The molecule has 20 heteroatoms. The van der Waals surface area contributed by atoms with Crippen molar-refractivity contribution >= 4 is 56.5 Å². The van der Waals surface area contributed by atoms with E-state index >= 15 is 0 Å². The molecule has 0 spiro atoms. The summed E-state index contributed by atoms with van der Waals surface area (Å²) in [5.74, 6) is -1.81. The van der Waals surface area contributed by atoms with Crippen LogP contribution in [0.4, 0.5) is 5.95 Å². The van der Waals surface area contributed by atoms with Gasteiger partial charge in [-0.25, -0.2) is 13.4 Å². The molecule has 0 unspecified atom stereocenters. The van der Waals surface area contributed by atoms with Crippen LogP contribution in [0.5, 0.6) is 0 Å². The van der Waals surface area contributed by atoms with Gasteiger partial charge in [0.25, 0.3) is 5.91 Å². The summed E-state index contributed by atoms with van der Waals surface area (Å²) in [6.45, 7) is 8.83. The van der Waals surface area contributed by atoms with Gasteiger partial charge in [0.05, 0.1) is 17.5 Å². The molecule has 4 aromatic rings. The number of ether oxygens (including phenoxy) is 2. The number of anilines is 1. The fourth-order valence-corrected chi connectivity index (χ4v) is 8.51. The minimum atomic E-state index is -4.25. The van der Waals surface area contributed by atoms with E-state index < -0.39 is 39.9 Å². The van der Waals surface area contributed by atoms with Crippen LogP contribution in [0.2, 0.25) is 0 Å². The number of aryl methyl sites for hydroxylation is 5. The molecule has 19 nitrogen and oxygen atoms in total. The first-order chi connectivity index (χ1) is 30.0. The van der Waals surface area contributed by atoms with Crippen LogP contribution >= 0.6 is 0 Å². The standard InChI is InChI=1S/C43H59N9O10S/c1-28-22-29(2)40(30(3)23-28)63(59,60)50-35(42(58)61-6)26-48-41(57)34-27-52(36-24-32(10-11-33(36)39(34)56)25-49-43-47-17-19-51(43)5)18-7-14-45-37(54)12-13-38(55)46-16-9-21-62-20-8-15-44-31(4)53/h10-11,17,19,22-24,27,35,50H,7-9,12-16,18,20-21,25-26H2,1-6H3,(H,44,53)(H,45,54)(H,46,55)(H,47,49)(H,48,57)/t35-/m0/s1. The van der Waals surface area contributed by atoms with Crippen molar-refractivity contribution in [3.63, 3.8) is 0 Å². The van der Waals surface area contributed by atoms with E-state index in [1.54, 1.807) is 55.1 Å². The van der Waals surface area contributed by atoms with Gasteiger partial charge in [0.2, 0.25) is 39.1 Å². The molecule has 63 heavy (non-hydrogen) atoms. The number of hydrogen-bond acceptors (Lipinski definition) is 12. The molecule has 2 heterocycles. The third-order valence-corrected chi connectivity index (χ3v) is 11.7. The SMILES string of the molecule is COC(=O)[C@H](CNC(=O)c1cn(CCCNC(=O)CCC(=O)NCCCOCCCNC(C)=O)c2cc(CNc3nccn3C)ccc2c1=O)NS(=O)(=O)c1c(C)cc(C)cc1C. The van der Waals surface area contributed by atoms with Crippen LogP contribution in [0.3, 0.4) is 0 Å². The van der Waals surface area contributed by atoms with Crippen molar-refractivity contribution < 1.29 is 41.9 Å². The third-order valence-electron chi connectivity index (χ3n) is 9.89. The number of esters is 1. The zero-order valence-corrected chi connectivity index (χ0v) is 37.5. The molecule has 0 radical (unpaired) electrons. The lowest BCUT2D eigenvalue weighted by molar-refractivity contribution is -0.142. The summed E-state index contributed by atoms with van der Waals surface area (Å²) < 4.78 is 43.3. The summed E-state index contributed by atoms with van der Waals surface area (Å²) >= 11 is 0.